The summed E-state index contributed by atoms with van der Waals surface area (Å²) in [6, 6.07) is 8.23. The average Bonchev–Trinajstić information content (AvgIpc) is 2.75. The van der Waals surface area contributed by atoms with Crippen LogP contribution in [0.2, 0.25) is 0 Å². The zero-order valence-corrected chi connectivity index (χ0v) is 16.2. The van der Waals surface area contributed by atoms with Gasteiger partial charge in [-0.25, -0.2) is 9.97 Å². The number of aryl methyl sites for hydroxylation is 1. The number of aromatic nitrogens is 5. The van der Waals surface area contributed by atoms with Crippen LogP contribution in [0, 0.1) is 12.9 Å². The maximum Gasteiger partial charge on any atom is 0.274 e. The topological polar surface area (TPSA) is 88.3 Å². The van der Waals surface area contributed by atoms with Gasteiger partial charge in [0.1, 0.15) is 0 Å². The van der Waals surface area contributed by atoms with E-state index in [-0.39, 0.29) is 5.56 Å². The molecule has 0 fully saturated rings. The van der Waals surface area contributed by atoms with E-state index in [1.165, 1.54) is 29.0 Å². The molecule has 5 rings (SSSR count). The number of fused-ring (bicyclic) bond motifs is 2. The largest absolute Gasteiger partial charge is 0.353 e. The number of hydrogen-bond donors (Lipinski definition) is 1. The summed E-state index contributed by atoms with van der Waals surface area (Å²) in [5.41, 5.74) is 4.86. The molecule has 0 radical (unpaired) electrons. The Hall–Kier alpha value is -3.88. The van der Waals surface area contributed by atoms with Crippen LogP contribution in [0.15, 0.2) is 53.7 Å². The van der Waals surface area contributed by atoms with Crippen LogP contribution in [-0.4, -0.2) is 31.1 Å². The fraction of sp³-hybridized carbons (Fsp3) is 0.190. The predicted octanol–water partition coefficient (Wildman–Crippen LogP) is 2.63. The molecule has 5 heterocycles. The van der Waals surface area contributed by atoms with E-state index in [1.54, 1.807) is 12.3 Å². The first-order valence-electron chi connectivity index (χ1n) is 9.54. The number of halogens is 1. The van der Waals surface area contributed by atoms with E-state index < -0.39 is 5.95 Å². The Bertz CT molecular complexity index is 1300. The fourth-order valence-electron chi connectivity index (χ4n) is 3.65. The second kappa shape index (κ2) is 7.18. The van der Waals surface area contributed by atoms with Crippen molar-refractivity contribution >= 4 is 22.8 Å². The highest BCUT2D eigenvalue weighted by atomic mass is 19.1. The Labute approximate surface area is 171 Å². The molecule has 0 atom stereocenters. The third-order valence-electron chi connectivity index (χ3n) is 5.10. The quantitative estimate of drug-likeness (QED) is 0.526. The van der Waals surface area contributed by atoms with Crippen molar-refractivity contribution in [3.63, 3.8) is 0 Å². The minimum absolute atomic E-state index is 0.209. The van der Waals surface area contributed by atoms with Crippen molar-refractivity contribution in [3.05, 3.63) is 82.0 Å². The average molecular weight is 403 g/mol. The van der Waals surface area contributed by atoms with E-state index in [0.717, 1.165) is 41.3 Å². The highest BCUT2D eigenvalue weighted by Crippen LogP contribution is 2.27. The molecule has 0 amide bonds. The van der Waals surface area contributed by atoms with Gasteiger partial charge in [-0.2, -0.15) is 8.91 Å². The lowest BCUT2D eigenvalue weighted by molar-refractivity contribution is 0.584. The van der Waals surface area contributed by atoms with E-state index in [4.69, 9.17) is 0 Å². The summed E-state index contributed by atoms with van der Waals surface area (Å²) in [4.78, 5) is 26.8. The zero-order chi connectivity index (χ0) is 20.7. The fourth-order valence-corrected chi connectivity index (χ4v) is 3.65. The molecule has 0 aliphatic carbocycles. The number of nitrogens with zero attached hydrogens (tertiary/aromatic N) is 6. The van der Waals surface area contributed by atoms with Gasteiger partial charge in [-0.3, -0.25) is 9.78 Å². The molecule has 0 bridgehead atoms. The van der Waals surface area contributed by atoms with Crippen LogP contribution >= 0.6 is 0 Å². The summed E-state index contributed by atoms with van der Waals surface area (Å²) in [5.74, 6) is 0.233. The van der Waals surface area contributed by atoms with E-state index in [1.807, 2.05) is 19.1 Å². The van der Waals surface area contributed by atoms with Crippen LogP contribution in [0.1, 0.15) is 16.8 Å². The molecule has 0 spiro atoms. The third kappa shape index (κ3) is 3.34. The molecule has 1 aliphatic rings. The van der Waals surface area contributed by atoms with Crippen LogP contribution in [0.5, 0.6) is 0 Å². The minimum atomic E-state index is -0.521. The second-order valence-corrected chi connectivity index (χ2v) is 7.20. The maximum absolute atomic E-state index is 13.0. The normalized spacial score (nSPS) is 13.3. The SMILES string of the molecule is Cc1cc2nccc(=O)n2nc1N1CCc2ncc(Nc3ccc(F)nc3)cc2C1. The lowest BCUT2D eigenvalue weighted by atomic mass is 10.0. The molecular weight excluding hydrogens is 385 g/mol. The van der Waals surface area contributed by atoms with Gasteiger partial charge in [-0.15, -0.1) is 5.10 Å². The standard InChI is InChI=1S/C21H18FN7O/c1-13-8-19-23-6-4-20(30)29(19)27-21(13)28-7-5-17-14(12-28)9-16(11-24-17)26-15-2-3-18(22)25-10-15/h2-4,6,8-11,26H,5,7,12H2,1H3. The van der Waals surface area contributed by atoms with Crippen molar-refractivity contribution < 1.29 is 4.39 Å². The van der Waals surface area contributed by atoms with Crippen LogP contribution in [0.3, 0.4) is 0 Å². The van der Waals surface area contributed by atoms with Crippen molar-refractivity contribution in [2.24, 2.45) is 0 Å². The van der Waals surface area contributed by atoms with Gasteiger partial charge in [0.25, 0.3) is 5.56 Å². The Balaban J connectivity index is 1.45. The van der Waals surface area contributed by atoms with Gasteiger partial charge in [0, 0.05) is 37.5 Å². The molecule has 9 heteroatoms. The molecule has 0 saturated heterocycles. The van der Waals surface area contributed by atoms with Gasteiger partial charge in [0.05, 0.1) is 23.8 Å². The van der Waals surface area contributed by atoms with Gasteiger partial charge in [-0.05, 0) is 42.3 Å². The first-order chi connectivity index (χ1) is 14.6. The number of anilines is 3. The Morgan fingerprint density at radius 2 is 1.93 bits per heavy atom. The molecule has 0 unspecified atom stereocenters. The second-order valence-electron chi connectivity index (χ2n) is 7.20. The van der Waals surface area contributed by atoms with Gasteiger partial charge < -0.3 is 10.2 Å². The first kappa shape index (κ1) is 18.2. The van der Waals surface area contributed by atoms with E-state index >= 15 is 0 Å². The molecule has 1 aliphatic heterocycles. The molecule has 0 aromatic carbocycles. The highest BCUT2D eigenvalue weighted by Gasteiger charge is 2.21. The van der Waals surface area contributed by atoms with Crippen molar-refractivity contribution in [3.8, 4) is 0 Å². The minimum Gasteiger partial charge on any atom is -0.353 e. The number of hydrogen-bond acceptors (Lipinski definition) is 7. The zero-order valence-electron chi connectivity index (χ0n) is 16.2. The molecule has 30 heavy (non-hydrogen) atoms. The van der Waals surface area contributed by atoms with Gasteiger partial charge in [0.15, 0.2) is 11.5 Å². The van der Waals surface area contributed by atoms with Gasteiger partial charge in [-0.1, -0.05) is 0 Å². The summed E-state index contributed by atoms with van der Waals surface area (Å²) in [6.07, 6.45) is 5.47. The van der Waals surface area contributed by atoms with Crippen LogP contribution in [-0.2, 0) is 13.0 Å². The van der Waals surface area contributed by atoms with Crippen LogP contribution in [0.25, 0.3) is 5.65 Å². The Morgan fingerprint density at radius 3 is 2.77 bits per heavy atom. The lowest BCUT2D eigenvalue weighted by Gasteiger charge is -2.30. The van der Waals surface area contributed by atoms with E-state index in [9.17, 15) is 9.18 Å². The molecule has 4 aromatic rings. The monoisotopic (exact) mass is 403 g/mol. The molecule has 1 N–H and O–H groups in total. The predicted molar refractivity (Wildman–Crippen MR) is 110 cm³/mol. The molecule has 150 valence electrons. The number of nitrogens with one attached hydrogen (secondary N) is 1. The van der Waals surface area contributed by atoms with Crippen molar-refractivity contribution in [1.82, 2.24) is 24.6 Å². The number of rotatable bonds is 3. The molecular formula is C21H18FN7O. The third-order valence-corrected chi connectivity index (χ3v) is 5.10. The van der Waals surface area contributed by atoms with Gasteiger partial charge >= 0.3 is 0 Å². The smallest absolute Gasteiger partial charge is 0.274 e. The van der Waals surface area contributed by atoms with E-state index in [2.05, 4.69) is 30.3 Å². The van der Waals surface area contributed by atoms with Crippen LogP contribution < -0.4 is 15.8 Å². The molecule has 4 aromatic heterocycles. The summed E-state index contributed by atoms with van der Waals surface area (Å²) in [7, 11) is 0. The van der Waals surface area contributed by atoms with Crippen molar-refractivity contribution in [2.45, 2.75) is 19.9 Å². The first-order valence-corrected chi connectivity index (χ1v) is 9.54. The van der Waals surface area contributed by atoms with Gasteiger partial charge in [0.2, 0.25) is 5.95 Å². The molecule has 0 saturated carbocycles. The lowest BCUT2D eigenvalue weighted by Crippen LogP contribution is -2.33. The molecule has 8 nitrogen and oxygen atoms in total. The van der Waals surface area contributed by atoms with Crippen molar-refractivity contribution in [1.29, 1.82) is 0 Å². The van der Waals surface area contributed by atoms with Crippen LogP contribution in [0.4, 0.5) is 21.6 Å². The summed E-state index contributed by atoms with van der Waals surface area (Å²) < 4.78 is 14.4. The Kier molecular flexibility index (Phi) is 4.35. The summed E-state index contributed by atoms with van der Waals surface area (Å²) >= 11 is 0. The maximum atomic E-state index is 13.0. The van der Waals surface area contributed by atoms with E-state index in [0.29, 0.717) is 17.9 Å². The Morgan fingerprint density at radius 1 is 1.07 bits per heavy atom. The summed E-state index contributed by atoms with van der Waals surface area (Å²) in [5, 5.41) is 7.76. The highest BCUT2D eigenvalue weighted by molar-refractivity contribution is 5.60. The van der Waals surface area contributed by atoms with Crippen molar-refractivity contribution in [2.75, 3.05) is 16.8 Å². The number of pyridine rings is 2. The summed E-state index contributed by atoms with van der Waals surface area (Å²) in [6.45, 7) is 3.34.